The average molecular weight is 300 g/mol. The first-order valence-electron chi connectivity index (χ1n) is 8.20. The fraction of sp³-hybridized carbons (Fsp3) is 0.824. The molecule has 4 heteroatoms. The highest BCUT2D eigenvalue weighted by Crippen LogP contribution is 2.11. The number of ether oxygens (including phenoxy) is 1. The largest absolute Gasteiger partial charge is 0.481 e. The number of carboxylic acids is 1. The standard InChI is InChI=1S/C17H32O4/c1-21-15-11-7-6-9-13-16(18)12-8-4-2-3-5-10-14-17(19)20/h6,9,16,18H,2-5,7-8,10-15H2,1H3,(H,19,20). The van der Waals surface area contributed by atoms with Gasteiger partial charge in [0.2, 0.25) is 0 Å². The number of rotatable bonds is 15. The van der Waals surface area contributed by atoms with Gasteiger partial charge in [0.25, 0.3) is 0 Å². The third kappa shape index (κ3) is 17.1. The van der Waals surface area contributed by atoms with Crippen molar-refractivity contribution >= 4 is 5.97 Å². The number of hydrogen-bond donors (Lipinski definition) is 2. The second kappa shape index (κ2) is 15.5. The van der Waals surface area contributed by atoms with Gasteiger partial charge in [0.15, 0.2) is 0 Å². The van der Waals surface area contributed by atoms with Crippen LogP contribution in [-0.4, -0.2) is 36.0 Å². The van der Waals surface area contributed by atoms with Crippen LogP contribution in [0.5, 0.6) is 0 Å². The number of carboxylic acid groups (broad SMARTS) is 1. The molecule has 0 aliphatic rings. The van der Waals surface area contributed by atoms with Crippen LogP contribution in [0.2, 0.25) is 0 Å². The highest BCUT2D eigenvalue weighted by Gasteiger charge is 2.01. The van der Waals surface area contributed by atoms with E-state index in [4.69, 9.17) is 9.84 Å². The number of hydrogen-bond acceptors (Lipinski definition) is 3. The Bertz CT molecular complexity index is 264. The number of aliphatic carboxylic acids is 1. The molecule has 0 saturated heterocycles. The van der Waals surface area contributed by atoms with Gasteiger partial charge >= 0.3 is 5.97 Å². The fourth-order valence-corrected chi connectivity index (χ4v) is 2.20. The molecule has 0 bridgehead atoms. The Morgan fingerprint density at radius 1 is 1.05 bits per heavy atom. The highest BCUT2D eigenvalue weighted by molar-refractivity contribution is 5.66. The van der Waals surface area contributed by atoms with Crippen molar-refractivity contribution in [3.05, 3.63) is 12.2 Å². The molecule has 0 radical (unpaired) electrons. The molecule has 0 spiro atoms. The Morgan fingerprint density at radius 2 is 1.71 bits per heavy atom. The minimum absolute atomic E-state index is 0.226. The predicted molar refractivity (Wildman–Crippen MR) is 85.4 cm³/mol. The lowest BCUT2D eigenvalue weighted by Gasteiger charge is -2.07. The smallest absolute Gasteiger partial charge is 0.303 e. The van der Waals surface area contributed by atoms with Gasteiger partial charge in [0, 0.05) is 20.1 Å². The minimum atomic E-state index is -0.701. The molecule has 0 saturated carbocycles. The van der Waals surface area contributed by atoms with Crippen molar-refractivity contribution in [2.45, 2.75) is 76.7 Å². The molecule has 0 aromatic heterocycles. The maximum absolute atomic E-state index is 10.3. The van der Waals surface area contributed by atoms with Crippen molar-refractivity contribution in [1.82, 2.24) is 0 Å². The van der Waals surface area contributed by atoms with Crippen LogP contribution in [0.15, 0.2) is 12.2 Å². The first kappa shape index (κ1) is 20.1. The molecule has 1 atom stereocenters. The third-order valence-corrected chi connectivity index (χ3v) is 3.47. The Kier molecular flexibility index (Phi) is 14.9. The first-order valence-corrected chi connectivity index (χ1v) is 8.20. The van der Waals surface area contributed by atoms with E-state index in [9.17, 15) is 9.90 Å². The minimum Gasteiger partial charge on any atom is -0.481 e. The van der Waals surface area contributed by atoms with Gasteiger partial charge in [-0.05, 0) is 32.1 Å². The second-order valence-electron chi connectivity index (χ2n) is 5.55. The molecule has 4 nitrogen and oxygen atoms in total. The van der Waals surface area contributed by atoms with Crippen molar-refractivity contribution < 1.29 is 19.7 Å². The highest BCUT2D eigenvalue weighted by atomic mass is 16.5. The lowest BCUT2D eigenvalue weighted by Crippen LogP contribution is -2.04. The number of carbonyl (C=O) groups is 1. The van der Waals surface area contributed by atoms with Crippen LogP contribution in [0.3, 0.4) is 0 Å². The van der Waals surface area contributed by atoms with Gasteiger partial charge in [-0.15, -0.1) is 0 Å². The van der Waals surface area contributed by atoms with Crippen LogP contribution < -0.4 is 0 Å². The molecule has 1 unspecified atom stereocenters. The van der Waals surface area contributed by atoms with E-state index in [1.807, 2.05) is 0 Å². The van der Waals surface area contributed by atoms with E-state index in [2.05, 4.69) is 12.2 Å². The molecule has 0 aromatic rings. The third-order valence-electron chi connectivity index (χ3n) is 3.47. The van der Waals surface area contributed by atoms with E-state index in [1.165, 1.54) is 0 Å². The summed E-state index contributed by atoms with van der Waals surface area (Å²) >= 11 is 0. The van der Waals surface area contributed by atoms with Gasteiger partial charge in [-0.1, -0.05) is 44.3 Å². The zero-order valence-corrected chi connectivity index (χ0v) is 13.4. The molecule has 0 fully saturated rings. The van der Waals surface area contributed by atoms with E-state index in [-0.39, 0.29) is 12.5 Å². The van der Waals surface area contributed by atoms with Crippen LogP contribution in [-0.2, 0) is 9.53 Å². The molecular weight excluding hydrogens is 268 g/mol. The van der Waals surface area contributed by atoms with Crippen molar-refractivity contribution in [3.63, 3.8) is 0 Å². The molecule has 0 aliphatic carbocycles. The molecule has 124 valence electrons. The number of allylic oxidation sites excluding steroid dienone is 1. The summed E-state index contributed by atoms with van der Waals surface area (Å²) in [4.78, 5) is 10.3. The van der Waals surface area contributed by atoms with Gasteiger partial charge in [0.1, 0.15) is 0 Å². The first-order chi connectivity index (χ1) is 10.2. The maximum atomic E-state index is 10.3. The van der Waals surface area contributed by atoms with Crippen LogP contribution in [0.25, 0.3) is 0 Å². The molecule has 0 aliphatic heterocycles. The van der Waals surface area contributed by atoms with E-state index < -0.39 is 5.97 Å². The van der Waals surface area contributed by atoms with Gasteiger partial charge < -0.3 is 14.9 Å². The summed E-state index contributed by atoms with van der Waals surface area (Å²) in [7, 11) is 1.71. The summed E-state index contributed by atoms with van der Waals surface area (Å²) in [6.07, 6.45) is 14.1. The van der Waals surface area contributed by atoms with Crippen LogP contribution in [0.4, 0.5) is 0 Å². The van der Waals surface area contributed by atoms with Crippen molar-refractivity contribution in [3.8, 4) is 0 Å². The summed E-state index contributed by atoms with van der Waals surface area (Å²) in [5, 5.41) is 18.3. The zero-order valence-electron chi connectivity index (χ0n) is 13.4. The monoisotopic (exact) mass is 300 g/mol. The van der Waals surface area contributed by atoms with E-state index in [0.717, 1.165) is 70.8 Å². The maximum Gasteiger partial charge on any atom is 0.303 e. The van der Waals surface area contributed by atoms with Crippen molar-refractivity contribution in [2.75, 3.05) is 13.7 Å². The van der Waals surface area contributed by atoms with Gasteiger partial charge in [-0.3, -0.25) is 4.79 Å². The number of methoxy groups -OCH3 is 1. The summed E-state index contributed by atoms with van der Waals surface area (Å²) in [6, 6.07) is 0. The summed E-state index contributed by atoms with van der Waals surface area (Å²) in [5.41, 5.74) is 0. The van der Waals surface area contributed by atoms with E-state index >= 15 is 0 Å². The molecular formula is C17H32O4. The van der Waals surface area contributed by atoms with E-state index in [0.29, 0.717) is 0 Å². The van der Waals surface area contributed by atoms with Crippen molar-refractivity contribution in [1.29, 1.82) is 0 Å². The number of aliphatic hydroxyl groups is 1. The summed E-state index contributed by atoms with van der Waals surface area (Å²) in [5.74, 6) is -0.701. The Morgan fingerprint density at radius 3 is 2.38 bits per heavy atom. The Labute approximate surface area is 129 Å². The number of aliphatic hydroxyl groups excluding tert-OH is 1. The molecule has 21 heavy (non-hydrogen) atoms. The summed E-state index contributed by atoms with van der Waals surface area (Å²) < 4.78 is 4.97. The SMILES string of the molecule is COCCCC=CCC(O)CCCCCCCCC(=O)O. The zero-order chi connectivity index (χ0) is 15.8. The van der Waals surface area contributed by atoms with Crippen LogP contribution in [0.1, 0.15) is 70.6 Å². The molecule has 0 amide bonds. The summed E-state index contributed by atoms with van der Waals surface area (Å²) in [6.45, 7) is 0.791. The van der Waals surface area contributed by atoms with Crippen LogP contribution >= 0.6 is 0 Å². The van der Waals surface area contributed by atoms with Crippen LogP contribution in [0, 0.1) is 0 Å². The Hall–Kier alpha value is -0.870. The average Bonchev–Trinajstić information content (AvgIpc) is 2.45. The quantitative estimate of drug-likeness (QED) is 0.355. The van der Waals surface area contributed by atoms with Crippen molar-refractivity contribution in [2.24, 2.45) is 0 Å². The lowest BCUT2D eigenvalue weighted by molar-refractivity contribution is -0.137. The normalized spacial score (nSPS) is 12.9. The van der Waals surface area contributed by atoms with Gasteiger partial charge in [-0.25, -0.2) is 0 Å². The van der Waals surface area contributed by atoms with E-state index in [1.54, 1.807) is 7.11 Å². The molecule has 0 heterocycles. The molecule has 0 aromatic carbocycles. The second-order valence-corrected chi connectivity index (χ2v) is 5.55. The van der Waals surface area contributed by atoms with Gasteiger partial charge in [-0.2, -0.15) is 0 Å². The molecule has 0 rings (SSSR count). The lowest BCUT2D eigenvalue weighted by atomic mass is 10.0. The van der Waals surface area contributed by atoms with Gasteiger partial charge in [0.05, 0.1) is 6.10 Å². The molecule has 2 N–H and O–H groups in total. The Balaban J connectivity index is 3.26. The topological polar surface area (TPSA) is 66.8 Å². The fourth-order valence-electron chi connectivity index (χ4n) is 2.20. The predicted octanol–water partition coefficient (Wildman–Crippen LogP) is 3.93. The number of unbranched alkanes of at least 4 members (excludes halogenated alkanes) is 6.